The van der Waals surface area contributed by atoms with Crippen LogP contribution in [0.15, 0.2) is 18.2 Å². The van der Waals surface area contributed by atoms with Gasteiger partial charge in [-0.1, -0.05) is 0 Å². The van der Waals surface area contributed by atoms with E-state index in [2.05, 4.69) is 4.98 Å². The minimum atomic E-state index is -0.837. The highest BCUT2D eigenvalue weighted by Crippen LogP contribution is 2.24. The minimum absolute atomic E-state index is 0.106. The number of fused-ring (bicyclic) bond motifs is 1. The standard InChI is InChI=1S/C12H13ClFN3O2/c1-7(13)11-16-9-6-8(14)2-3-10(9)17(11)4-5-19-12(15)18/h2-3,6-7H,4-5H2,1H3,(H2,15,18). The van der Waals surface area contributed by atoms with E-state index in [0.717, 1.165) is 5.52 Å². The van der Waals surface area contributed by atoms with Gasteiger partial charge in [-0.2, -0.15) is 0 Å². The number of alkyl halides is 1. The molecule has 2 rings (SSSR count). The second-order valence-electron chi connectivity index (χ2n) is 4.04. The molecule has 0 fully saturated rings. The van der Waals surface area contributed by atoms with Crippen molar-refractivity contribution in [2.24, 2.45) is 5.73 Å². The number of amides is 1. The molecule has 0 saturated heterocycles. The molecule has 0 spiro atoms. The molecule has 5 nitrogen and oxygen atoms in total. The van der Waals surface area contributed by atoms with Crippen LogP contribution in [-0.4, -0.2) is 22.3 Å². The first kappa shape index (κ1) is 13.6. The van der Waals surface area contributed by atoms with Crippen molar-refractivity contribution in [1.82, 2.24) is 9.55 Å². The molecule has 0 saturated carbocycles. The molecule has 1 unspecified atom stereocenters. The van der Waals surface area contributed by atoms with Gasteiger partial charge in [0.15, 0.2) is 0 Å². The van der Waals surface area contributed by atoms with Gasteiger partial charge >= 0.3 is 6.09 Å². The summed E-state index contributed by atoms with van der Waals surface area (Å²) in [6.45, 7) is 2.23. The number of nitrogens with two attached hydrogens (primary N) is 1. The van der Waals surface area contributed by atoms with Gasteiger partial charge in [0.1, 0.15) is 18.2 Å². The van der Waals surface area contributed by atoms with Crippen LogP contribution < -0.4 is 5.73 Å². The number of primary amides is 1. The topological polar surface area (TPSA) is 70.1 Å². The first-order valence-corrected chi connectivity index (χ1v) is 6.14. The SMILES string of the molecule is CC(Cl)c1nc2cc(F)ccc2n1CCOC(N)=O. The van der Waals surface area contributed by atoms with Crippen molar-refractivity contribution in [3.63, 3.8) is 0 Å². The maximum absolute atomic E-state index is 13.2. The van der Waals surface area contributed by atoms with Crippen LogP contribution in [0.2, 0.25) is 0 Å². The second kappa shape index (κ2) is 5.44. The third-order valence-electron chi connectivity index (χ3n) is 2.65. The zero-order chi connectivity index (χ0) is 14.0. The lowest BCUT2D eigenvalue weighted by Gasteiger charge is -2.10. The number of benzene rings is 1. The smallest absolute Gasteiger partial charge is 0.404 e. The summed E-state index contributed by atoms with van der Waals surface area (Å²) in [7, 11) is 0. The van der Waals surface area contributed by atoms with Crippen LogP contribution in [0.25, 0.3) is 11.0 Å². The van der Waals surface area contributed by atoms with Gasteiger partial charge in [-0.25, -0.2) is 14.2 Å². The fourth-order valence-electron chi connectivity index (χ4n) is 1.90. The van der Waals surface area contributed by atoms with E-state index in [1.807, 2.05) is 0 Å². The zero-order valence-electron chi connectivity index (χ0n) is 10.3. The number of nitrogens with zero attached hydrogens (tertiary/aromatic N) is 2. The summed E-state index contributed by atoms with van der Waals surface area (Å²) in [5, 5.41) is -0.343. The number of aromatic nitrogens is 2. The zero-order valence-corrected chi connectivity index (χ0v) is 11.0. The van der Waals surface area contributed by atoms with Crippen molar-refractivity contribution in [1.29, 1.82) is 0 Å². The van der Waals surface area contributed by atoms with Crippen molar-refractivity contribution in [3.8, 4) is 0 Å². The highest BCUT2D eigenvalue weighted by atomic mass is 35.5. The number of ether oxygens (including phenoxy) is 1. The molecule has 2 aromatic rings. The van der Waals surface area contributed by atoms with E-state index < -0.39 is 6.09 Å². The van der Waals surface area contributed by atoms with E-state index in [1.54, 1.807) is 17.6 Å². The van der Waals surface area contributed by atoms with Gasteiger partial charge in [-0.3, -0.25) is 0 Å². The van der Waals surface area contributed by atoms with Crippen molar-refractivity contribution in [2.75, 3.05) is 6.61 Å². The van der Waals surface area contributed by atoms with Gasteiger partial charge < -0.3 is 15.0 Å². The van der Waals surface area contributed by atoms with Gasteiger partial charge in [0.25, 0.3) is 0 Å². The summed E-state index contributed by atoms with van der Waals surface area (Å²) >= 11 is 6.05. The Morgan fingerprint density at radius 3 is 3.00 bits per heavy atom. The lowest BCUT2D eigenvalue weighted by molar-refractivity contribution is 0.152. The van der Waals surface area contributed by atoms with E-state index in [4.69, 9.17) is 22.1 Å². The van der Waals surface area contributed by atoms with Crippen LogP contribution in [0.3, 0.4) is 0 Å². The summed E-state index contributed by atoms with van der Waals surface area (Å²) in [5.74, 6) is 0.231. The Kier molecular flexibility index (Phi) is 3.90. The molecule has 19 heavy (non-hydrogen) atoms. The molecule has 0 aliphatic rings. The van der Waals surface area contributed by atoms with Crippen molar-refractivity contribution < 1.29 is 13.9 Å². The molecule has 0 aliphatic carbocycles. The Bertz CT molecular complexity index is 612. The number of imidazole rings is 1. The third kappa shape index (κ3) is 2.96. The monoisotopic (exact) mass is 285 g/mol. The number of halogens is 2. The summed E-state index contributed by atoms with van der Waals surface area (Å²) in [4.78, 5) is 14.8. The second-order valence-corrected chi connectivity index (χ2v) is 4.69. The fourth-order valence-corrected chi connectivity index (χ4v) is 2.06. The average Bonchev–Trinajstić information content (AvgIpc) is 2.67. The van der Waals surface area contributed by atoms with Gasteiger partial charge in [0, 0.05) is 6.07 Å². The van der Waals surface area contributed by atoms with Gasteiger partial charge in [-0.05, 0) is 19.1 Å². The summed E-state index contributed by atoms with van der Waals surface area (Å²) in [6.07, 6.45) is -0.837. The predicted molar refractivity (Wildman–Crippen MR) is 69.5 cm³/mol. The first-order valence-electron chi connectivity index (χ1n) is 5.71. The number of hydrogen-bond acceptors (Lipinski definition) is 3. The van der Waals surface area contributed by atoms with Crippen LogP contribution in [0, 0.1) is 5.82 Å². The van der Waals surface area contributed by atoms with Crippen molar-refractivity contribution in [3.05, 3.63) is 29.8 Å². The molecule has 1 aromatic heterocycles. The summed E-state index contributed by atoms with van der Waals surface area (Å²) < 4.78 is 19.7. The van der Waals surface area contributed by atoms with E-state index in [9.17, 15) is 9.18 Å². The molecule has 1 amide bonds. The van der Waals surface area contributed by atoms with Crippen molar-refractivity contribution >= 4 is 28.7 Å². The molecule has 102 valence electrons. The van der Waals surface area contributed by atoms with Crippen LogP contribution in [0.1, 0.15) is 18.1 Å². The number of rotatable bonds is 4. The molecule has 1 heterocycles. The molecule has 0 bridgehead atoms. The number of carbonyl (C=O) groups is 1. The maximum Gasteiger partial charge on any atom is 0.404 e. The molecule has 1 atom stereocenters. The fraction of sp³-hybridized carbons (Fsp3) is 0.333. The van der Waals surface area contributed by atoms with E-state index in [0.29, 0.717) is 17.9 Å². The average molecular weight is 286 g/mol. The molecule has 0 radical (unpaired) electrons. The van der Waals surface area contributed by atoms with Crippen LogP contribution >= 0.6 is 11.6 Å². The Labute approximate surface area is 114 Å². The molecule has 2 N–H and O–H groups in total. The van der Waals surface area contributed by atoms with Crippen molar-refractivity contribution in [2.45, 2.75) is 18.8 Å². The van der Waals surface area contributed by atoms with E-state index >= 15 is 0 Å². The minimum Gasteiger partial charge on any atom is -0.448 e. The highest BCUT2D eigenvalue weighted by Gasteiger charge is 2.15. The van der Waals surface area contributed by atoms with Crippen LogP contribution in [0.4, 0.5) is 9.18 Å². The largest absolute Gasteiger partial charge is 0.448 e. The Hall–Kier alpha value is -1.82. The Morgan fingerprint density at radius 1 is 1.63 bits per heavy atom. The van der Waals surface area contributed by atoms with E-state index in [-0.39, 0.29) is 17.8 Å². The lowest BCUT2D eigenvalue weighted by Crippen LogP contribution is -2.17. The van der Waals surface area contributed by atoms with Gasteiger partial charge in [0.05, 0.1) is 23.0 Å². The molecule has 0 aliphatic heterocycles. The predicted octanol–water partition coefficient (Wildman–Crippen LogP) is 2.57. The van der Waals surface area contributed by atoms with E-state index in [1.165, 1.54) is 12.1 Å². The molecular formula is C12H13ClFN3O2. The highest BCUT2D eigenvalue weighted by molar-refractivity contribution is 6.20. The lowest BCUT2D eigenvalue weighted by atomic mass is 10.3. The van der Waals surface area contributed by atoms with Gasteiger partial charge in [-0.15, -0.1) is 11.6 Å². The molecular weight excluding hydrogens is 273 g/mol. The van der Waals surface area contributed by atoms with Crippen LogP contribution in [-0.2, 0) is 11.3 Å². The van der Waals surface area contributed by atoms with Gasteiger partial charge in [0.2, 0.25) is 0 Å². The normalized spacial score (nSPS) is 12.6. The molecule has 1 aromatic carbocycles. The Balaban J connectivity index is 2.37. The molecule has 7 heteroatoms. The van der Waals surface area contributed by atoms with Crippen LogP contribution in [0.5, 0.6) is 0 Å². The first-order chi connectivity index (χ1) is 8.99. The quantitative estimate of drug-likeness (QED) is 0.878. The summed E-state index contributed by atoms with van der Waals surface area (Å²) in [5.41, 5.74) is 6.15. The number of carbonyl (C=O) groups excluding carboxylic acids is 1. The maximum atomic E-state index is 13.2. The summed E-state index contributed by atoms with van der Waals surface area (Å²) in [6, 6.07) is 4.30. The number of hydrogen-bond donors (Lipinski definition) is 1. The Morgan fingerprint density at radius 2 is 2.37 bits per heavy atom. The third-order valence-corrected chi connectivity index (χ3v) is 2.85.